The van der Waals surface area contributed by atoms with Gasteiger partial charge in [0.15, 0.2) is 5.75 Å². The average Bonchev–Trinajstić information content (AvgIpc) is 3.01. The third-order valence-corrected chi connectivity index (χ3v) is 8.78. The quantitative estimate of drug-likeness (QED) is 0.364. The van der Waals surface area contributed by atoms with Crippen molar-refractivity contribution in [3.05, 3.63) is 64.1 Å². The summed E-state index contributed by atoms with van der Waals surface area (Å²) in [6.45, 7) is 11.6. The molecule has 4 heterocycles. The maximum Gasteiger partial charge on any atom is 0.350 e. The van der Waals surface area contributed by atoms with Crippen LogP contribution in [0.5, 0.6) is 5.75 Å². The van der Waals surface area contributed by atoms with E-state index in [-0.39, 0.29) is 53.1 Å². The van der Waals surface area contributed by atoms with Gasteiger partial charge < -0.3 is 24.0 Å². The lowest BCUT2D eigenvalue weighted by atomic mass is 9.99. The first kappa shape index (κ1) is 30.4. The Kier molecular flexibility index (Phi) is 8.60. The van der Waals surface area contributed by atoms with Gasteiger partial charge in [0, 0.05) is 60.8 Å². The number of carbonyl (C=O) groups is 1. The molecule has 3 aliphatic heterocycles. The van der Waals surface area contributed by atoms with Gasteiger partial charge in [0.25, 0.3) is 0 Å². The summed E-state index contributed by atoms with van der Waals surface area (Å²) in [5.41, 5.74) is 0.150. The predicted octanol–water partition coefficient (Wildman–Crippen LogP) is 3.85. The lowest BCUT2D eigenvalue weighted by Gasteiger charge is -2.45. The highest BCUT2D eigenvalue weighted by Crippen LogP contribution is 2.47. The Labute approximate surface area is 258 Å². The predicted molar refractivity (Wildman–Crippen MR) is 162 cm³/mol. The van der Waals surface area contributed by atoms with Crippen molar-refractivity contribution in [1.82, 2.24) is 19.4 Å². The van der Waals surface area contributed by atoms with Gasteiger partial charge in [0.2, 0.25) is 5.91 Å². The van der Waals surface area contributed by atoms with E-state index in [0.29, 0.717) is 49.8 Å². The third kappa shape index (κ3) is 5.55. The Morgan fingerprint density at radius 3 is 2.68 bits per heavy atom. The molecule has 1 amide bonds. The van der Waals surface area contributed by atoms with Crippen LogP contribution in [0.25, 0.3) is 22.0 Å². The molecule has 0 radical (unpaired) electrons. The van der Waals surface area contributed by atoms with E-state index in [1.54, 1.807) is 11.0 Å². The lowest BCUT2D eigenvalue weighted by molar-refractivity contribution is -0.128. The maximum absolute atomic E-state index is 15.1. The van der Waals surface area contributed by atoms with E-state index in [4.69, 9.17) is 25.8 Å². The monoisotopic (exact) mass is 629 g/mol. The molecule has 1 aromatic heterocycles. The molecule has 0 bridgehead atoms. The topological polar surface area (TPSA) is 89.4 Å². The smallest absolute Gasteiger partial charge is 0.350 e. The molecule has 3 atom stereocenters. The Hall–Kier alpha value is -3.58. The summed E-state index contributed by atoms with van der Waals surface area (Å²) in [4.78, 5) is 36.8. The molecule has 234 valence electrons. The number of halogens is 3. The molecule has 13 heteroatoms. The number of ether oxygens (including phenoxy) is 3. The standard InChI is InChI=1S/C31H34ClF2N5O5/c1-4-26(40)37-13-19(3)38(14-18(37)2)30-23-12-24(32)27(22-6-5-20(33)11-25(22)34)29-28(23)39(31(41)35-30)21(16-44-29)15-43-17-36-7-9-42-10-8-36/h4-6,11-12,18-19,21H,1,7-10,13-17H2,2-3H3/t18-,19+,21-/m1/s1. The van der Waals surface area contributed by atoms with Crippen molar-refractivity contribution in [2.24, 2.45) is 0 Å². The van der Waals surface area contributed by atoms with Crippen molar-refractivity contribution in [3.8, 4) is 16.9 Å². The Morgan fingerprint density at radius 1 is 1.18 bits per heavy atom. The van der Waals surface area contributed by atoms with Crippen LogP contribution in [0.4, 0.5) is 14.6 Å². The maximum atomic E-state index is 15.1. The van der Waals surface area contributed by atoms with Crippen LogP contribution in [0.2, 0.25) is 5.02 Å². The molecular formula is C31H34ClF2N5O5. The minimum absolute atomic E-state index is 0.0474. The lowest BCUT2D eigenvalue weighted by Crippen LogP contribution is -2.58. The number of aromatic nitrogens is 2. The molecule has 3 aliphatic rings. The van der Waals surface area contributed by atoms with Gasteiger partial charge in [-0.15, -0.1) is 0 Å². The Balaban J connectivity index is 1.47. The second-order valence-corrected chi connectivity index (χ2v) is 11.8. The number of carbonyl (C=O) groups excluding carboxylic acids is 1. The Bertz CT molecular complexity index is 1660. The van der Waals surface area contributed by atoms with Gasteiger partial charge in [0.1, 0.15) is 24.1 Å². The van der Waals surface area contributed by atoms with Gasteiger partial charge in [0.05, 0.1) is 43.1 Å². The van der Waals surface area contributed by atoms with Gasteiger partial charge in [-0.3, -0.25) is 14.3 Å². The summed E-state index contributed by atoms with van der Waals surface area (Å²) in [6, 6.07) is 3.97. The molecule has 0 saturated carbocycles. The van der Waals surface area contributed by atoms with Gasteiger partial charge in [-0.25, -0.2) is 13.6 Å². The zero-order chi connectivity index (χ0) is 31.1. The zero-order valence-corrected chi connectivity index (χ0v) is 25.4. The molecular weight excluding hydrogens is 596 g/mol. The van der Waals surface area contributed by atoms with E-state index in [2.05, 4.69) is 16.5 Å². The molecule has 2 aromatic carbocycles. The number of piperazine rings is 1. The van der Waals surface area contributed by atoms with E-state index < -0.39 is 23.4 Å². The third-order valence-electron chi connectivity index (χ3n) is 8.49. The van der Waals surface area contributed by atoms with Crippen molar-refractivity contribution in [3.63, 3.8) is 0 Å². The van der Waals surface area contributed by atoms with Gasteiger partial charge in [-0.1, -0.05) is 18.2 Å². The van der Waals surface area contributed by atoms with E-state index in [1.807, 2.05) is 18.7 Å². The SMILES string of the molecule is C=CC(=O)N1C[C@H](C)N(c2nc(=O)n3c4c(c(-c5ccc(F)cc5F)c(Cl)cc24)OC[C@H]3COCN2CCOCC2)C[C@H]1C. The van der Waals surface area contributed by atoms with E-state index in [0.717, 1.165) is 25.2 Å². The molecule has 2 saturated heterocycles. The van der Waals surface area contributed by atoms with Crippen LogP contribution in [0.1, 0.15) is 19.9 Å². The molecule has 10 nitrogen and oxygen atoms in total. The van der Waals surface area contributed by atoms with Crippen LogP contribution in [0.15, 0.2) is 41.7 Å². The normalized spacial score (nSPS) is 22.2. The number of hydrogen-bond donors (Lipinski definition) is 0. The highest BCUT2D eigenvalue weighted by Gasteiger charge is 2.36. The highest BCUT2D eigenvalue weighted by atomic mass is 35.5. The first-order chi connectivity index (χ1) is 21.2. The van der Waals surface area contributed by atoms with Crippen molar-refractivity contribution in [1.29, 1.82) is 0 Å². The number of hydrogen-bond acceptors (Lipinski definition) is 8. The highest BCUT2D eigenvalue weighted by molar-refractivity contribution is 6.35. The number of benzene rings is 2. The van der Waals surface area contributed by atoms with Crippen LogP contribution >= 0.6 is 11.6 Å². The zero-order valence-electron chi connectivity index (χ0n) is 24.6. The van der Waals surface area contributed by atoms with Gasteiger partial charge in [-0.2, -0.15) is 4.98 Å². The molecule has 44 heavy (non-hydrogen) atoms. The van der Waals surface area contributed by atoms with Gasteiger partial charge in [-0.05, 0) is 38.1 Å². The second-order valence-electron chi connectivity index (χ2n) is 11.4. The van der Waals surface area contributed by atoms with Crippen molar-refractivity contribution < 1.29 is 27.8 Å². The molecule has 2 fully saturated rings. The fourth-order valence-corrected chi connectivity index (χ4v) is 6.54. The molecule has 6 rings (SSSR count). The minimum Gasteiger partial charge on any atom is -0.488 e. The molecule has 3 aromatic rings. The molecule has 0 spiro atoms. The number of nitrogens with zero attached hydrogens (tertiary/aromatic N) is 5. The minimum atomic E-state index is -0.810. The number of morpholine rings is 1. The molecule has 0 aliphatic carbocycles. The second kappa shape index (κ2) is 12.4. The average molecular weight is 630 g/mol. The first-order valence-corrected chi connectivity index (χ1v) is 15.0. The largest absolute Gasteiger partial charge is 0.488 e. The summed E-state index contributed by atoms with van der Waals surface area (Å²) >= 11 is 6.84. The van der Waals surface area contributed by atoms with Gasteiger partial charge >= 0.3 is 5.69 Å². The number of amides is 1. The number of rotatable bonds is 7. The number of anilines is 1. The summed E-state index contributed by atoms with van der Waals surface area (Å²) < 4.78 is 48.2. The van der Waals surface area contributed by atoms with Crippen molar-refractivity contribution in [2.45, 2.75) is 32.0 Å². The molecule has 0 unspecified atom stereocenters. The van der Waals surface area contributed by atoms with Crippen LogP contribution in [0, 0.1) is 11.6 Å². The molecule has 0 N–H and O–H groups in total. The Morgan fingerprint density at radius 2 is 1.95 bits per heavy atom. The van der Waals surface area contributed by atoms with Crippen molar-refractivity contribution >= 4 is 34.2 Å². The van der Waals surface area contributed by atoms with E-state index >= 15 is 4.39 Å². The van der Waals surface area contributed by atoms with Crippen LogP contribution < -0.4 is 15.3 Å². The van der Waals surface area contributed by atoms with Crippen LogP contribution in [-0.4, -0.2) is 96.7 Å². The van der Waals surface area contributed by atoms with Crippen LogP contribution in [-0.2, 0) is 14.3 Å². The van der Waals surface area contributed by atoms with Crippen LogP contribution in [0.3, 0.4) is 0 Å². The fraction of sp³-hybridized carbons (Fsp3) is 0.452. The first-order valence-electron chi connectivity index (χ1n) is 14.6. The summed E-state index contributed by atoms with van der Waals surface area (Å²) in [5, 5.41) is 0.700. The summed E-state index contributed by atoms with van der Waals surface area (Å²) in [6.07, 6.45) is 1.29. The fourth-order valence-electron chi connectivity index (χ4n) is 6.24. The summed E-state index contributed by atoms with van der Waals surface area (Å²) in [5.74, 6) is -1.11. The summed E-state index contributed by atoms with van der Waals surface area (Å²) in [7, 11) is 0. The van der Waals surface area contributed by atoms with Crippen molar-refractivity contribution in [2.75, 3.05) is 64.2 Å². The van der Waals surface area contributed by atoms with E-state index in [9.17, 15) is 14.0 Å². The van der Waals surface area contributed by atoms with E-state index in [1.165, 1.54) is 16.7 Å².